The molecule has 1 aliphatic heterocycles. The van der Waals surface area contributed by atoms with E-state index in [1.807, 2.05) is 61.5 Å². The van der Waals surface area contributed by atoms with E-state index in [4.69, 9.17) is 9.47 Å². The molecule has 0 saturated carbocycles. The second-order valence-electron chi connectivity index (χ2n) is 5.56. The van der Waals surface area contributed by atoms with Gasteiger partial charge in [-0.2, -0.15) is 0 Å². The number of carbonyl (C=O) groups excluding carboxylic acids is 1. The third kappa shape index (κ3) is 5.01. The molecule has 0 aliphatic carbocycles. The van der Waals surface area contributed by atoms with Crippen molar-refractivity contribution >= 4 is 34.6 Å². The number of hydrogen-bond donors (Lipinski definition) is 1. The number of hydrogen-bond acceptors (Lipinski definition) is 5. The molecule has 1 amide bonds. The lowest BCUT2D eigenvalue weighted by Gasteiger charge is -2.11. The summed E-state index contributed by atoms with van der Waals surface area (Å²) in [5, 5.41) is 3.35. The Hall–Kier alpha value is -2.99. The zero-order valence-electron chi connectivity index (χ0n) is 15.0. The summed E-state index contributed by atoms with van der Waals surface area (Å²) in [5.41, 5.74) is 1.65. The van der Waals surface area contributed by atoms with Crippen LogP contribution in [0.4, 0.5) is 5.69 Å². The molecule has 138 valence electrons. The minimum atomic E-state index is -0.167. The number of rotatable bonds is 7. The summed E-state index contributed by atoms with van der Waals surface area (Å²) < 4.78 is 11.2. The van der Waals surface area contributed by atoms with E-state index >= 15 is 0 Å². The number of amidine groups is 1. The van der Waals surface area contributed by atoms with Crippen molar-refractivity contribution in [2.75, 3.05) is 13.2 Å². The largest absolute Gasteiger partial charge is 0.490 e. The molecule has 1 saturated heterocycles. The SMILES string of the molecule is C=CCOc1ccc(/C=C2\SC(=Nc3ccccc3)NC2=O)cc1OCC. The van der Waals surface area contributed by atoms with Crippen LogP contribution < -0.4 is 14.8 Å². The topological polar surface area (TPSA) is 59.9 Å². The standard InChI is InChI=1S/C21H20N2O3S/c1-3-12-26-17-11-10-15(13-18(17)25-4-2)14-19-20(24)23-21(27-19)22-16-8-6-5-7-9-16/h3,5-11,13-14H,1,4,12H2,2H3,(H,22,23,24)/b19-14-. The third-order valence-electron chi connectivity index (χ3n) is 3.56. The van der Waals surface area contributed by atoms with E-state index in [0.29, 0.717) is 34.8 Å². The maximum Gasteiger partial charge on any atom is 0.264 e. The van der Waals surface area contributed by atoms with Crippen LogP contribution >= 0.6 is 11.8 Å². The van der Waals surface area contributed by atoms with Crippen molar-refractivity contribution < 1.29 is 14.3 Å². The first kappa shape index (κ1) is 18.8. The molecule has 0 atom stereocenters. The summed E-state index contributed by atoms with van der Waals surface area (Å²) in [5.74, 6) is 1.11. The van der Waals surface area contributed by atoms with Gasteiger partial charge in [0.1, 0.15) is 6.61 Å². The van der Waals surface area contributed by atoms with Crippen LogP contribution in [0.5, 0.6) is 11.5 Å². The highest BCUT2D eigenvalue weighted by molar-refractivity contribution is 8.18. The van der Waals surface area contributed by atoms with E-state index < -0.39 is 0 Å². The fraction of sp³-hybridized carbons (Fsp3) is 0.143. The van der Waals surface area contributed by atoms with Crippen LogP contribution in [0.25, 0.3) is 6.08 Å². The lowest BCUT2D eigenvalue weighted by Crippen LogP contribution is -2.19. The normalized spacial score (nSPS) is 16.4. The van der Waals surface area contributed by atoms with Gasteiger partial charge in [0.25, 0.3) is 5.91 Å². The molecular formula is C21H20N2O3S. The summed E-state index contributed by atoms with van der Waals surface area (Å²) in [6.07, 6.45) is 3.49. The van der Waals surface area contributed by atoms with Crippen LogP contribution in [-0.4, -0.2) is 24.3 Å². The molecule has 1 aliphatic rings. The lowest BCUT2D eigenvalue weighted by atomic mass is 10.2. The molecule has 0 aromatic heterocycles. The van der Waals surface area contributed by atoms with Gasteiger partial charge in [0.2, 0.25) is 0 Å². The average molecular weight is 380 g/mol. The Kier molecular flexibility index (Phi) is 6.33. The molecule has 6 heteroatoms. The fourth-order valence-corrected chi connectivity index (χ4v) is 3.24. The lowest BCUT2D eigenvalue weighted by molar-refractivity contribution is -0.115. The second-order valence-corrected chi connectivity index (χ2v) is 6.59. The van der Waals surface area contributed by atoms with E-state index in [0.717, 1.165) is 11.3 Å². The van der Waals surface area contributed by atoms with E-state index in [1.165, 1.54) is 11.8 Å². The molecular weight excluding hydrogens is 360 g/mol. The van der Waals surface area contributed by atoms with Crippen molar-refractivity contribution in [3.63, 3.8) is 0 Å². The van der Waals surface area contributed by atoms with Gasteiger partial charge in [-0.3, -0.25) is 4.79 Å². The molecule has 0 radical (unpaired) electrons. The minimum absolute atomic E-state index is 0.167. The van der Waals surface area contributed by atoms with Gasteiger partial charge in [-0.15, -0.1) is 0 Å². The predicted molar refractivity (Wildman–Crippen MR) is 111 cm³/mol. The third-order valence-corrected chi connectivity index (χ3v) is 4.47. The van der Waals surface area contributed by atoms with Crippen molar-refractivity contribution in [2.24, 2.45) is 4.99 Å². The molecule has 0 unspecified atom stereocenters. The average Bonchev–Trinajstić information content (AvgIpc) is 3.01. The minimum Gasteiger partial charge on any atom is -0.490 e. The number of amides is 1. The first-order valence-electron chi connectivity index (χ1n) is 8.54. The van der Waals surface area contributed by atoms with Crippen molar-refractivity contribution in [3.05, 3.63) is 71.7 Å². The summed E-state index contributed by atoms with van der Waals surface area (Å²) in [4.78, 5) is 17.3. The van der Waals surface area contributed by atoms with Crippen LogP contribution in [0, 0.1) is 0 Å². The predicted octanol–water partition coefficient (Wildman–Crippen LogP) is 4.54. The Labute approximate surface area is 162 Å². The first-order chi connectivity index (χ1) is 13.2. The van der Waals surface area contributed by atoms with Crippen LogP contribution in [0.3, 0.4) is 0 Å². The molecule has 1 fully saturated rings. The fourth-order valence-electron chi connectivity index (χ4n) is 2.40. The number of nitrogens with zero attached hydrogens (tertiary/aromatic N) is 1. The zero-order chi connectivity index (χ0) is 19.1. The van der Waals surface area contributed by atoms with Gasteiger partial charge in [-0.25, -0.2) is 4.99 Å². The number of ether oxygens (including phenoxy) is 2. The van der Waals surface area contributed by atoms with Crippen molar-refractivity contribution in [1.29, 1.82) is 0 Å². The first-order valence-corrected chi connectivity index (χ1v) is 9.36. The van der Waals surface area contributed by atoms with Gasteiger partial charge < -0.3 is 14.8 Å². The van der Waals surface area contributed by atoms with Gasteiger partial charge in [0, 0.05) is 0 Å². The number of thioether (sulfide) groups is 1. The van der Waals surface area contributed by atoms with Gasteiger partial charge in [0.15, 0.2) is 16.7 Å². The smallest absolute Gasteiger partial charge is 0.264 e. The Morgan fingerprint density at radius 1 is 1.15 bits per heavy atom. The molecule has 27 heavy (non-hydrogen) atoms. The van der Waals surface area contributed by atoms with E-state index in [9.17, 15) is 4.79 Å². The molecule has 5 nitrogen and oxygen atoms in total. The number of para-hydroxylation sites is 1. The monoisotopic (exact) mass is 380 g/mol. The van der Waals surface area contributed by atoms with Crippen LogP contribution in [0.2, 0.25) is 0 Å². The van der Waals surface area contributed by atoms with E-state index in [2.05, 4.69) is 16.9 Å². The number of aliphatic imine (C=N–C) groups is 1. The highest BCUT2D eigenvalue weighted by Crippen LogP contribution is 2.32. The maximum atomic E-state index is 12.3. The Morgan fingerprint density at radius 3 is 2.70 bits per heavy atom. The Balaban J connectivity index is 1.81. The zero-order valence-corrected chi connectivity index (χ0v) is 15.8. The summed E-state index contributed by atoms with van der Waals surface area (Å²) >= 11 is 1.31. The molecule has 3 rings (SSSR count). The van der Waals surface area contributed by atoms with Gasteiger partial charge >= 0.3 is 0 Å². The van der Waals surface area contributed by atoms with Crippen LogP contribution in [0.1, 0.15) is 12.5 Å². The summed E-state index contributed by atoms with van der Waals surface area (Å²) in [6.45, 7) is 6.48. The van der Waals surface area contributed by atoms with Gasteiger partial charge in [-0.1, -0.05) is 36.9 Å². The Morgan fingerprint density at radius 2 is 1.96 bits per heavy atom. The summed E-state index contributed by atoms with van der Waals surface area (Å²) in [7, 11) is 0. The highest BCUT2D eigenvalue weighted by Gasteiger charge is 2.24. The van der Waals surface area contributed by atoms with Crippen molar-refractivity contribution in [1.82, 2.24) is 5.32 Å². The van der Waals surface area contributed by atoms with Gasteiger partial charge in [-0.05, 0) is 54.6 Å². The van der Waals surface area contributed by atoms with E-state index in [1.54, 1.807) is 6.08 Å². The van der Waals surface area contributed by atoms with Crippen LogP contribution in [-0.2, 0) is 4.79 Å². The highest BCUT2D eigenvalue weighted by atomic mass is 32.2. The molecule has 1 heterocycles. The number of nitrogens with one attached hydrogen (secondary N) is 1. The van der Waals surface area contributed by atoms with Crippen molar-refractivity contribution in [2.45, 2.75) is 6.92 Å². The van der Waals surface area contributed by atoms with Crippen LogP contribution in [0.15, 0.2) is 71.1 Å². The molecule has 2 aromatic rings. The molecule has 1 N–H and O–H groups in total. The molecule has 2 aromatic carbocycles. The Bertz CT molecular complexity index is 892. The number of carbonyl (C=O) groups is 1. The second kappa shape index (κ2) is 9.09. The maximum absolute atomic E-state index is 12.3. The molecule has 0 spiro atoms. The number of benzene rings is 2. The molecule has 0 bridgehead atoms. The summed E-state index contributed by atoms with van der Waals surface area (Å²) in [6, 6.07) is 15.1. The van der Waals surface area contributed by atoms with Crippen molar-refractivity contribution in [3.8, 4) is 11.5 Å². The quantitative estimate of drug-likeness (QED) is 0.566. The van der Waals surface area contributed by atoms with E-state index in [-0.39, 0.29) is 5.91 Å². The van der Waals surface area contributed by atoms with Gasteiger partial charge in [0.05, 0.1) is 17.2 Å².